The zero-order valence-corrected chi connectivity index (χ0v) is 11.3. The predicted octanol–water partition coefficient (Wildman–Crippen LogP) is 0.0323. The second-order valence-electron chi connectivity index (χ2n) is 3.92. The summed E-state index contributed by atoms with van der Waals surface area (Å²) in [5, 5.41) is 14.0. The highest BCUT2D eigenvalue weighted by Crippen LogP contribution is 2.07. The summed E-state index contributed by atoms with van der Waals surface area (Å²) in [6.07, 6.45) is 2.86. The molecule has 0 heterocycles. The summed E-state index contributed by atoms with van der Waals surface area (Å²) in [5.74, 6) is -1.00. The van der Waals surface area contributed by atoms with Crippen LogP contribution in [0, 0.1) is 5.92 Å². The van der Waals surface area contributed by atoms with Gasteiger partial charge < -0.3 is 16.3 Å². The first-order chi connectivity index (χ1) is 7.93. The molecular weight excluding hydrogens is 242 g/mol. The molecule has 0 aromatic heterocycles. The minimum Gasteiger partial charge on any atom is -0.409 e. The molecule has 0 spiro atoms. The first-order valence-electron chi connectivity index (χ1n) is 5.51. The monoisotopic (exact) mass is 263 g/mol. The fourth-order valence-electron chi connectivity index (χ4n) is 1.26. The van der Waals surface area contributed by atoms with Gasteiger partial charge in [-0.15, -0.1) is 0 Å². The van der Waals surface area contributed by atoms with E-state index in [1.54, 1.807) is 13.2 Å². The first kappa shape index (κ1) is 15.9. The molecule has 0 saturated heterocycles. The maximum Gasteiger partial charge on any atom is 0.230 e. The third-order valence-electron chi connectivity index (χ3n) is 2.50. The van der Waals surface area contributed by atoms with Crippen LogP contribution in [0.5, 0.6) is 0 Å². The van der Waals surface area contributed by atoms with Crippen molar-refractivity contribution in [3.8, 4) is 0 Å². The molecule has 0 aliphatic heterocycles. The number of amides is 1. The van der Waals surface area contributed by atoms with Gasteiger partial charge in [-0.05, 0) is 13.3 Å². The third kappa shape index (κ3) is 5.67. The first-order valence-corrected chi connectivity index (χ1v) is 7.13. The van der Waals surface area contributed by atoms with E-state index in [4.69, 9.17) is 10.9 Å². The Balaban J connectivity index is 4.39. The highest BCUT2D eigenvalue weighted by molar-refractivity contribution is 7.84. The van der Waals surface area contributed by atoms with Gasteiger partial charge in [0.1, 0.15) is 0 Å². The molecule has 3 unspecified atom stereocenters. The number of nitrogens with zero attached hydrogens (tertiary/aromatic N) is 1. The molecule has 1 amide bonds. The number of carbonyl (C=O) groups excluding carboxylic acids is 1. The van der Waals surface area contributed by atoms with Crippen LogP contribution in [0.15, 0.2) is 5.16 Å². The van der Waals surface area contributed by atoms with Crippen molar-refractivity contribution in [2.75, 3.05) is 12.8 Å². The van der Waals surface area contributed by atoms with Crippen LogP contribution in [-0.4, -0.2) is 39.2 Å². The Hall–Kier alpha value is -1.11. The lowest BCUT2D eigenvalue weighted by atomic mass is 10.0. The van der Waals surface area contributed by atoms with Gasteiger partial charge in [-0.3, -0.25) is 9.00 Å². The fraction of sp³-hybridized carbons (Fsp3) is 0.800. The van der Waals surface area contributed by atoms with E-state index in [9.17, 15) is 9.00 Å². The van der Waals surface area contributed by atoms with Crippen LogP contribution in [-0.2, 0) is 15.6 Å². The van der Waals surface area contributed by atoms with Gasteiger partial charge in [0.25, 0.3) is 0 Å². The van der Waals surface area contributed by atoms with E-state index < -0.39 is 16.7 Å². The van der Waals surface area contributed by atoms with E-state index in [0.29, 0.717) is 13.0 Å². The minimum atomic E-state index is -0.982. The summed E-state index contributed by atoms with van der Waals surface area (Å²) in [6.45, 7) is 4.02. The largest absolute Gasteiger partial charge is 0.409 e. The van der Waals surface area contributed by atoms with Crippen molar-refractivity contribution in [1.82, 2.24) is 5.32 Å². The molecule has 0 radical (unpaired) electrons. The molecule has 7 heteroatoms. The molecule has 0 aromatic carbocycles. The molecule has 0 aromatic rings. The maximum atomic E-state index is 11.8. The number of hydrogen-bond acceptors (Lipinski definition) is 4. The Morgan fingerprint density at radius 2 is 2.18 bits per heavy atom. The standard InChI is InChI=1S/C10H21N3O3S/c1-4-5-8(9(11)13-15)10(14)12-6-7(2)17(3)16/h7-8,15H,4-6H2,1-3H3,(H2,11,13)(H,12,14). The lowest BCUT2D eigenvalue weighted by Gasteiger charge is -2.16. The topological polar surface area (TPSA) is 105 Å². The average Bonchev–Trinajstić information content (AvgIpc) is 2.31. The van der Waals surface area contributed by atoms with Gasteiger partial charge >= 0.3 is 0 Å². The van der Waals surface area contributed by atoms with E-state index in [-0.39, 0.29) is 17.0 Å². The van der Waals surface area contributed by atoms with Crippen molar-refractivity contribution < 1.29 is 14.2 Å². The predicted molar refractivity (Wildman–Crippen MR) is 68.3 cm³/mol. The number of nitrogens with one attached hydrogen (secondary N) is 1. The van der Waals surface area contributed by atoms with Crippen LogP contribution in [0.4, 0.5) is 0 Å². The van der Waals surface area contributed by atoms with E-state index >= 15 is 0 Å². The molecule has 6 nitrogen and oxygen atoms in total. The van der Waals surface area contributed by atoms with E-state index in [1.807, 2.05) is 6.92 Å². The van der Waals surface area contributed by atoms with Crippen LogP contribution in [0.1, 0.15) is 26.7 Å². The van der Waals surface area contributed by atoms with Crippen molar-refractivity contribution in [3.05, 3.63) is 0 Å². The summed E-state index contributed by atoms with van der Waals surface area (Å²) in [5.41, 5.74) is 5.45. The molecule has 0 aliphatic rings. The third-order valence-corrected chi connectivity index (χ3v) is 3.80. The summed E-state index contributed by atoms with van der Waals surface area (Å²) in [4.78, 5) is 11.8. The zero-order chi connectivity index (χ0) is 13.4. The molecule has 17 heavy (non-hydrogen) atoms. The molecule has 4 N–H and O–H groups in total. The highest BCUT2D eigenvalue weighted by Gasteiger charge is 2.22. The number of oxime groups is 1. The fourth-order valence-corrected chi connectivity index (χ4v) is 1.57. The number of hydrogen-bond donors (Lipinski definition) is 3. The quantitative estimate of drug-likeness (QED) is 0.261. The Morgan fingerprint density at radius 1 is 1.59 bits per heavy atom. The summed E-state index contributed by atoms with van der Waals surface area (Å²) in [7, 11) is -0.982. The summed E-state index contributed by atoms with van der Waals surface area (Å²) in [6, 6.07) is 0. The minimum absolute atomic E-state index is 0.0883. The van der Waals surface area contributed by atoms with E-state index in [1.165, 1.54) is 0 Å². The molecule has 100 valence electrons. The SMILES string of the molecule is CCCC(C(=O)NCC(C)S(C)=O)C(N)=NO. The average molecular weight is 263 g/mol. The summed E-state index contributed by atoms with van der Waals surface area (Å²) < 4.78 is 11.1. The van der Waals surface area contributed by atoms with Crippen molar-refractivity contribution in [2.24, 2.45) is 16.8 Å². The lowest BCUT2D eigenvalue weighted by Crippen LogP contribution is -2.41. The van der Waals surface area contributed by atoms with Gasteiger partial charge in [0, 0.05) is 28.9 Å². The van der Waals surface area contributed by atoms with Gasteiger partial charge in [-0.2, -0.15) is 0 Å². The van der Waals surface area contributed by atoms with Gasteiger partial charge in [-0.1, -0.05) is 18.5 Å². The van der Waals surface area contributed by atoms with E-state index in [2.05, 4.69) is 10.5 Å². The Morgan fingerprint density at radius 3 is 2.59 bits per heavy atom. The molecule has 0 aliphatic carbocycles. The van der Waals surface area contributed by atoms with Crippen molar-refractivity contribution >= 4 is 22.5 Å². The van der Waals surface area contributed by atoms with Crippen LogP contribution in [0.3, 0.4) is 0 Å². The number of carbonyl (C=O) groups is 1. The van der Waals surface area contributed by atoms with Crippen LogP contribution in [0.2, 0.25) is 0 Å². The van der Waals surface area contributed by atoms with Crippen molar-refractivity contribution in [2.45, 2.75) is 31.9 Å². The van der Waals surface area contributed by atoms with E-state index in [0.717, 1.165) is 6.42 Å². The second-order valence-corrected chi connectivity index (χ2v) is 5.72. The smallest absolute Gasteiger partial charge is 0.230 e. The van der Waals surface area contributed by atoms with Gasteiger partial charge in [0.05, 0.1) is 5.92 Å². The van der Waals surface area contributed by atoms with Crippen LogP contribution < -0.4 is 11.1 Å². The molecule has 0 bridgehead atoms. The van der Waals surface area contributed by atoms with Crippen LogP contribution >= 0.6 is 0 Å². The Kier molecular flexibility index (Phi) is 7.53. The summed E-state index contributed by atoms with van der Waals surface area (Å²) >= 11 is 0. The van der Waals surface area contributed by atoms with Gasteiger partial charge in [0.15, 0.2) is 5.84 Å². The van der Waals surface area contributed by atoms with Gasteiger partial charge in [-0.25, -0.2) is 0 Å². The zero-order valence-electron chi connectivity index (χ0n) is 10.5. The molecule has 3 atom stereocenters. The Bertz CT molecular complexity index is 307. The second kappa shape index (κ2) is 8.05. The van der Waals surface area contributed by atoms with Crippen molar-refractivity contribution in [3.63, 3.8) is 0 Å². The number of rotatable bonds is 7. The highest BCUT2D eigenvalue weighted by atomic mass is 32.2. The number of amidine groups is 1. The number of nitrogens with two attached hydrogens (primary N) is 1. The van der Waals surface area contributed by atoms with Crippen molar-refractivity contribution in [1.29, 1.82) is 0 Å². The maximum absolute atomic E-state index is 11.8. The molecule has 0 rings (SSSR count). The lowest BCUT2D eigenvalue weighted by molar-refractivity contribution is -0.123. The molecule has 0 saturated carbocycles. The molecule has 0 fully saturated rings. The van der Waals surface area contributed by atoms with Gasteiger partial charge in [0.2, 0.25) is 5.91 Å². The Labute approximate surface area is 104 Å². The van der Waals surface area contributed by atoms with Crippen LogP contribution in [0.25, 0.3) is 0 Å². The molecular formula is C10H21N3O3S. The normalized spacial score (nSPS) is 17.2.